The molecule has 2 nitrogen and oxygen atoms in total. The zero-order valence-electron chi connectivity index (χ0n) is 27.8. The molecule has 8 rings (SSSR count). The van der Waals surface area contributed by atoms with E-state index in [1.807, 2.05) is 0 Å². The molecule has 4 aliphatic carbocycles. The van der Waals surface area contributed by atoms with Crippen molar-refractivity contribution >= 4 is 22.5 Å². The highest BCUT2D eigenvalue weighted by atomic mass is 15.2. The summed E-state index contributed by atoms with van der Waals surface area (Å²) in [7, 11) is 0. The number of allylic oxidation sites excluding steroid dienone is 13. The van der Waals surface area contributed by atoms with Crippen molar-refractivity contribution in [1.29, 1.82) is 0 Å². The van der Waals surface area contributed by atoms with Crippen LogP contribution >= 0.6 is 0 Å². The van der Waals surface area contributed by atoms with Gasteiger partial charge in [0.15, 0.2) is 0 Å². The second-order valence-corrected chi connectivity index (χ2v) is 14.0. The average molecular weight is 615 g/mol. The number of hydrogen-bond acceptors (Lipinski definition) is 2. The lowest BCUT2D eigenvalue weighted by molar-refractivity contribution is 0.192. The molecule has 236 valence electrons. The molecule has 3 aromatic rings. The highest BCUT2D eigenvalue weighted by molar-refractivity contribution is 5.91. The van der Waals surface area contributed by atoms with Crippen LogP contribution in [0.2, 0.25) is 0 Å². The first-order valence-electron chi connectivity index (χ1n) is 17.8. The van der Waals surface area contributed by atoms with Crippen LogP contribution in [0.15, 0.2) is 144 Å². The summed E-state index contributed by atoms with van der Waals surface area (Å²) in [5, 5.41) is 6.69. The van der Waals surface area contributed by atoms with Crippen molar-refractivity contribution in [3.8, 4) is 0 Å². The van der Waals surface area contributed by atoms with E-state index < -0.39 is 0 Å². The first-order chi connectivity index (χ1) is 23.1. The first-order valence-corrected chi connectivity index (χ1v) is 17.8. The first kappa shape index (κ1) is 29.8. The Labute approximate surface area is 281 Å². The second-order valence-electron chi connectivity index (χ2n) is 14.0. The van der Waals surface area contributed by atoms with Gasteiger partial charge in [0.05, 0.1) is 6.04 Å². The van der Waals surface area contributed by atoms with Gasteiger partial charge in [0.25, 0.3) is 0 Å². The van der Waals surface area contributed by atoms with E-state index in [9.17, 15) is 0 Å². The zero-order chi connectivity index (χ0) is 31.7. The number of fused-ring (bicyclic) bond motifs is 5. The SMILES string of the molecule is C/C1=C\C=C(\Nc2ccc(C3C=CC=CC3)cc2)C(C)N(C2=CC=CC(c3cc4ccccc4c4c3C=CCC4)C2)[C@@H]2CCC=C1C2. The van der Waals surface area contributed by atoms with Crippen LogP contribution in [0.3, 0.4) is 0 Å². The monoisotopic (exact) mass is 614 g/mol. The van der Waals surface area contributed by atoms with Gasteiger partial charge in [0.2, 0.25) is 0 Å². The number of benzene rings is 3. The summed E-state index contributed by atoms with van der Waals surface area (Å²) in [6.45, 7) is 4.70. The second kappa shape index (κ2) is 12.9. The Bertz CT molecular complexity index is 1920. The number of nitrogens with zero attached hydrogens (tertiary/aromatic N) is 1. The van der Waals surface area contributed by atoms with E-state index in [1.54, 1.807) is 0 Å². The minimum atomic E-state index is 0.205. The van der Waals surface area contributed by atoms with Gasteiger partial charge < -0.3 is 10.2 Å². The zero-order valence-corrected chi connectivity index (χ0v) is 27.8. The summed E-state index contributed by atoms with van der Waals surface area (Å²) in [6, 6.07) is 21.3. The van der Waals surface area contributed by atoms with Crippen LogP contribution < -0.4 is 5.32 Å². The maximum atomic E-state index is 3.90. The predicted molar refractivity (Wildman–Crippen MR) is 200 cm³/mol. The Morgan fingerprint density at radius 2 is 1.70 bits per heavy atom. The van der Waals surface area contributed by atoms with Crippen molar-refractivity contribution in [2.24, 2.45) is 0 Å². The third kappa shape index (κ3) is 5.91. The van der Waals surface area contributed by atoms with E-state index in [-0.39, 0.29) is 6.04 Å². The Hall–Kier alpha value is -4.56. The molecule has 0 radical (unpaired) electrons. The molecule has 1 heterocycles. The predicted octanol–water partition coefficient (Wildman–Crippen LogP) is 11.5. The fraction of sp³-hybridized carbons (Fsp3) is 0.289. The molecule has 3 unspecified atom stereocenters. The molecule has 0 saturated heterocycles. The standard InChI is InChI=1S/C45H46N2/c1-31-22-27-45(46-38-25-23-34(24-26-38)33-12-4-3-5-13-33)32(2)47(39-17-10-15-35(31)28-39)40-18-11-16-36(29-40)44-30-37-14-6-7-19-41(37)42-20-8-9-21-43(42)44/h3-7,9,11-12,14-16,18-19,21-27,30,32-33,36,39,46H,8,10,13,17,20,28-29H2,1-2H3/b31-22+,45-27+/t32?,33?,36?,39-/m1/s1. The van der Waals surface area contributed by atoms with Crippen molar-refractivity contribution < 1.29 is 0 Å². The third-order valence-corrected chi connectivity index (χ3v) is 11.1. The summed E-state index contributed by atoms with van der Waals surface area (Å²) < 4.78 is 0. The molecule has 0 aromatic heterocycles. The average Bonchev–Trinajstić information content (AvgIpc) is 3.16. The molecule has 2 bridgehead atoms. The van der Waals surface area contributed by atoms with E-state index in [2.05, 4.69) is 152 Å². The molecule has 3 aromatic carbocycles. The Kier molecular flexibility index (Phi) is 8.19. The summed E-state index contributed by atoms with van der Waals surface area (Å²) in [4.78, 5) is 2.78. The van der Waals surface area contributed by atoms with Gasteiger partial charge in [-0.25, -0.2) is 0 Å². The molecule has 1 N–H and O–H groups in total. The minimum absolute atomic E-state index is 0.205. The van der Waals surface area contributed by atoms with Gasteiger partial charge in [-0.15, -0.1) is 0 Å². The highest BCUT2D eigenvalue weighted by Gasteiger charge is 2.33. The minimum Gasteiger partial charge on any atom is -0.363 e. The highest BCUT2D eigenvalue weighted by Crippen LogP contribution is 2.42. The molecule has 4 atom stereocenters. The Morgan fingerprint density at radius 1 is 0.830 bits per heavy atom. The molecule has 0 saturated carbocycles. The number of nitrogens with one attached hydrogen (secondary N) is 1. The van der Waals surface area contributed by atoms with Crippen LogP contribution in [0.4, 0.5) is 5.69 Å². The van der Waals surface area contributed by atoms with Gasteiger partial charge in [-0.2, -0.15) is 0 Å². The molecular weight excluding hydrogens is 569 g/mol. The van der Waals surface area contributed by atoms with Crippen molar-refractivity contribution in [3.63, 3.8) is 0 Å². The Balaban J connectivity index is 1.12. The van der Waals surface area contributed by atoms with Crippen molar-refractivity contribution in [2.75, 3.05) is 5.32 Å². The van der Waals surface area contributed by atoms with Gasteiger partial charge in [-0.3, -0.25) is 0 Å². The number of anilines is 1. The summed E-state index contributed by atoms with van der Waals surface area (Å²) in [6.07, 6.45) is 35.8. The number of aryl methyl sites for hydroxylation is 1. The Morgan fingerprint density at radius 3 is 2.57 bits per heavy atom. The van der Waals surface area contributed by atoms with Crippen LogP contribution in [-0.4, -0.2) is 17.0 Å². The fourth-order valence-electron chi connectivity index (χ4n) is 8.54. The van der Waals surface area contributed by atoms with E-state index in [1.165, 1.54) is 62.0 Å². The lowest BCUT2D eigenvalue weighted by atomic mass is 9.80. The van der Waals surface area contributed by atoms with Crippen molar-refractivity contribution in [1.82, 2.24) is 4.90 Å². The van der Waals surface area contributed by atoms with Crippen molar-refractivity contribution in [2.45, 2.75) is 82.7 Å². The lowest BCUT2D eigenvalue weighted by Gasteiger charge is -2.44. The molecule has 5 aliphatic rings. The van der Waals surface area contributed by atoms with E-state index in [4.69, 9.17) is 0 Å². The maximum Gasteiger partial charge on any atom is 0.0663 e. The van der Waals surface area contributed by atoms with Crippen LogP contribution in [-0.2, 0) is 6.42 Å². The van der Waals surface area contributed by atoms with Gasteiger partial charge in [-0.1, -0.05) is 97.2 Å². The lowest BCUT2D eigenvalue weighted by Crippen LogP contribution is -2.44. The topological polar surface area (TPSA) is 15.3 Å². The molecule has 0 fully saturated rings. The molecule has 1 aliphatic heterocycles. The van der Waals surface area contributed by atoms with Crippen LogP contribution in [0.1, 0.15) is 86.5 Å². The number of hydrogen-bond donors (Lipinski definition) is 1. The van der Waals surface area contributed by atoms with Crippen LogP contribution in [0.25, 0.3) is 16.8 Å². The van der Waals surface area contributed by atoms with E-state index in [0.29, 0.717) is 17.9 Å². The van der Waals surface area contributed by atoms with Gasteiger partial charge >= 0.3 is 0 Å². The normalized spacial score (nSPS) is 27.4. The summed E-state index contributed by atoms with van der Waals surface area (Å²) in [5.41, 5.74) is 12.6. The van der Waals surface area contributed by atoms with Crippen LogP contribution in [0.5, 0.6) is 0 Å². The molecule has 2 heteroatoms. The molecule has 47 heavy (non-hydrogen) atoms. The van der Waals surface area contributed by atoms with Crippen LogP contribution in [0, 0.1) is 0 Å². The smallest absolute Gasteiger partial charge is 0.0663 e. The van der Waals surface area contributed by atoms with Crippen molar-refractivity contribution in [3.05, 3.63) is 166 Å². The molecule has 0 spiro atoms. The third-order valence-electron chi connectivity index (χ3n) is 11.1. The molecule has 0 amide bonds. The van der Waals surface area contributed by atoms with Gasteiger partial charge in [0.1, 0.15) is 0 Å². The number of rotatable bonds is 5. The van der Waals surface area contributed by atoms with E-state index >= 15 is 0 Å². The quantitative estimate of drug-likeness (QED) is 0.308. The summed E-state index contributed by atoms with van der Waals surface area (Å²) in [5.74, 6) is 0.819. The van der Waals surface area contributed by atoms with Gasteiger partial charge in [0, 0.05) is 35.0 Å². The maximum absolute atomic E-state index is 3.90. The summed E-state index contributed by atoms with van der Waals surface area (Å²) >= 11 is 0. The van der Waals surface area contributed by atoms with Gasteiger partial charge in [-0.05, 0) is 133 Å². The van der Waals surface area contributed by atoms with E-state index in [0.717, 1.165) is 44.2 Å². The fourth-order valence-corrected chi connectivity index (χ4v) is 8.54. The molecular formula is C45H46N2. The largest absolute Gasteiger partial charge is 0.363 e.